The van der Waals surface area contributed by atoms with Crippen LogP contribution in [0.4, 0.5) is 0 Å². The monoisotopic (exact) mass is 583 g/mol. The molecule has 5 nitrogen and oxygen atoms in total. The van der Waals surface area contributed by atoms with E-state index in [1.165, 1.54) is 4.68 Å². The van der Waals surface area contributed by atoms with Crippen LogP contribution in [0.2, 0.25) is 0 Å². The number of hydrogen-bond donors (Lipinski definition) is 0. The van der Waals surface area contributed by atoms with Crippen molar-refractivity contribution >= 4 is 64.9 Å². The van der Waals surface area contributed by atoms with Gasteiger partial charge in [-0.05, 0) is 81.6 Å². The minimum atomic E-state index is -0.200. The predicted octanol–water partition coefficient (Wildman–Crippen LogP) is 6.48. The van der Waals surface area contributed by atoms with Crippen molar-refractivity contribution in [3.63, 3.8) is 0 Å². The maximum absolute atomic E-state index is 13.1. The minimum absolute atomic E-state index is 0.0354. The zero-order chi connectivity index (χ0) is 21.3. The molecule has 0 aliphatic heterocycles. The molecule has 152 valence electrons. The second-order valence-corrected chi connectivity index (χ2v) is 9.75. The summed E-state index contributed by atoms with van der Waals surface area (Å²) in [5, 5.41) is 4.99. The molecule has 0 N–H and O–H groups in total. The third kappa shape index (κ3) is 4.98. The number of rotatable bonds is 5. The van der Waals surface area contributed by atoms with E-state index in [9.17, 15) is 4.79 Å². The van der Waals surface area contributed by atoms with Crippen molar-refractivity contribution in [1.82, 2.24) is 9.66 Å². The number of halogens is 3. The summed E-state index contributed by atoms with van der Waals surface area (Å²) in [6.45, 7) is 7.92. The molecular weight excluding hydrogens is 566 g/mol. The summed E-state index contributed by atoms with van der Waals surface area (Å²) in [5.74, 6) is 1.38. The highest BCUT2D eigenvalue weighted by atomic mass is 79.9. The number of aromatic nitrogens is 2. The molecule has 29 heavy (non-hydrogen) atoms. The fourth-order valence-corrected chi connectivity index (χ4v) is 4.55. The Hall–Kier alpha value is -1.51. The Morgan fingerprint density at radius 2 is 1.72 bits per heavy atom. The molecular formula is C21H20Br3N3O2. The summed E-state index contributed by atoms with van der Waals surface area (Å²) in [5.41, 5.74) is 1.28. The maximum atomic E-state index is 13.1. The Kier molecular flexibility index (Phi) is 6.96. The second-order valence-electron chi connectivity index (χ2n) is 7.13. The number of benzene rings is 2. The Labute approximate surface area is 194 Å². The van der Waals surface area contributed by atoms with Crippen LogP contribution in [0.1, 0.15) is 45.0 Å². The van der Waals surface area contributed by atoms with E-state index < -0.39 is 0 Å². The molecule has 3 rings (SSSR count). The van der Waals surface area contributed by atoms with Crippen molar-refractivity contribution in [3.8, 4) is 5.75 Å². The highest BCUT2D eigenvalue weighted by molar-refractivity contribution is 9.11. The normalized spacial score (nSPS) is 11.9. The van der Waals surface area contributed by atoms with Crippen LogP contribution in [-0.2, 0) is 0 Å². The molecule has 0 radical (unpaired) electrons. The molecule has 0 spiro atoms. The summed E-state index contributed by atoms with van der Waals surface area (Å²) in [7, 11) is 0. The van der Waals surface area contributed by atoms with Gasteiger partial charge in [0.25, 0.3) is 5.56 Å². The van der Waals surface area contributed by atoms with Gasteiger partial charge in [0.2, 0.25) is 0 Å². The van der Waals surface area contributed by atoms with Crippen molar-refractivity contribution in [2.75, 3.05) is 0 Å². The van der Waals surface area contributed by atoms with Crippen LogP contribution in [0, 0.1) is 0 Å². The Morgan fingerprint density at radius 3 is 2.31 bits per heavy atom. The number of fused-ring (bicyclic) bond motifs is 1. The molecule has 0 atom stereocenters. The Balaban J connectivity index is 2.10. The molecule has 0 fully saturated rings. The molecule has 1 heterocycles. The fourth-order valence-electron chi connectivity index (χ4n) is 2.78. The van der Waals surface area contributed by atoms with E-state index in [4.69, 9.17) is 4.74 Å². The molecule has 0 bridgehead atoms. The molecule has 8 heteroatoms. The van der Waals surface area contributed by atoms with E-state index in [1.54, 1.807) is 12.3 Å². The highest BCUT2D eigenvalue weighted by Gasteiger charge is 2.14. The zero-order valence-corrected chi connectivity index (χ0v) is 21.2. The van der Waals surface area contributed by atoms with Gasteiger partial charge in [0.1, 0.15) is 11.6 Å². The van der Waals surface area contributed by atoms with Gasteiger partial charge in [0.15, 0.2) is 0 Å². The van der Waals surface area contributed by atoms with E-state index in [-0.39, 0.29) is 17.6 Å². The molecule has 0 amide bonds. The van der Waals surface area contributed by atoms with E-state index in [2.05, 4.69) is 57.9 Å². The molecule has 0 saturated heterocycles. The second kappa shape index (κ2) is 9.10. The number of hydrogen-bond acceptors (Lipinski definition) is 4. The molecule has 0 saturated carbocycles. The quantitative estimate of drug-likeness (QED) is 0.322. The Bertz CT molecular complexity index is 1130. The third-order valence-corrected chi connectivity index (χ3v) is 5.72. The Morgan fingerprint density at radius 1 is 1.07 bits per heavy atom. The van der Waals surface area contributed by atoms with Gasteiger partial charge in [0, 0.05) is 10.4 Å². The van der Waals surface area contributed by atoms with Crippen molar-refractivity contribution < 1.29 is 4.74 Å². The highest BCUT2D eigenvalue weighted by Crippen LogP contribution is 2.35. The van der Waals surface area contributed by atoms with Crippen LogP contribution in [-0.4, -0.2) is 22.0 Å². The molecule has 0 aliphatic rings. The van der Waals surface area contributed by atoms with Crippen LogP contribution >= 0.6 is 47.8 Å². The number of ether oxygens (including phenoxy) is 1. The van der Waals surface area contributed by atoms with Crippen molar-refractivity contribution in [1.29, 1.82) is 0 Å². The lowest BCUT2D eigenvalue weighted by atomic mass is 10.2. The molecule has 2 aromatic carbocycles. The van der Waals surface area contributed by atoms with Crippen molar-refractivity contribution in [2.24, 2.45) is 5.10 Å². The SMILES string of the molecule is CC(C)Oc1c(Br)cc(C=Nn2c(C(C)C)nc3ccc(Br)cc3c2=O)cc1Br. The van der Waals surface area contributed by atoms with Crippen LogP contribution in [0.3, 0.4) is 0 Å². The predicted molar refractivity (Wildman–Crippen MR) is 128 cm³/mol. The van der Waals surface area contributed by atoms with E-state index in [0.717, 1.165) is 24.7 Å². The summed E-state index contributed by atoms with van der Waals surface area (Å²) >= 11 is 10.5. The largest absolute Gasteiger partial charge is 0.489 e. The standard InChI is InChI=1S/C21H20Br3N3O2/c1-11(2)20-26-18-6-5-14(22)9-15(18)21(28)27(20)25-10-13-7-16(23)19(17(24)8-13)29-12(3)4/h5-12H,1-4H3. The van der Waals surface area contributed by atoms with Gasteiger partial charge in [-0.2, -0.15) is 9.78 Å². The smallest absolute Gasteiger partial charge is 0.282 e. The van der Waals surface area contributed by atoms with Gasteiger partial charge in [0.05, 0.1) is 32.2 Å². The first-order valence-electron chi connectivity index (χ1n) is 9.09. The molecule has 0 aliphatic carbocycles. The summed E-state index contributed by atoms with van der Waals surface area (Å²) in [4.78, 5) is 17.7. The molecule has 3 aromatic rings. The van der Waals surface area contributed by atoms with E-state index in [1.807, 2.05) is 52.0 Å². The van der Waals surface area contributed by atoms with Gasteiger partial charge < -0.3 is 4.74 Å². The lowest BCUT2D eigenvalue weighted by Crippen LogP contribution is -2.23. The molecule has 0 unspecified atom stereocenters. The molecule has 1 aromatic heterocycles. The van der Waals surface area contributed by atoms with E-state index >= 15 is 0 Å². The minimum Gasteiger partial charge on any atom is -0.489 e. The van der Waals surface area contributed by atoms with Gasteiger partial charge >= 0.3 is 0 Å². The van der Waals surface area contributed by atoms with Crippen LogP contribution in [0.25, 0.3) is 10.9 Å². The lowest BCUT2D eigenvalue weighted by molar-refractivity contribution is 0.239. The maximum Gasteiger partial charge on any atom is 0.282 e. The van der Waals surface area contributed by atoms with Gasteiger partial charge in [-0.1, -0.05) is 29.8 Å². The van der Waals surface area contributed by atoms with Crippen molar-refractivity contribution in [2.45, 2.75) is 39.7 Å². The van der Waals surface area contributed by atoms with Crippen molar-refractivity contribution in [3.05, 3.63) is 65.5 Å². The first-order valence-corrected chi connectivity index (χ1v) is 11.5. The van der Waals surface area contributed by atoms with Crippen LogP contribution in [0.5, 0.6) is 5.75 Å². The summed E-state index contributed by atoms with van der Waals surface area (Å²) < 4.78 is 9.62. The van der Waals surface area contributed by atoms with E-state index in [0.29, 0.717) is 16.7 Å². The van der Waals surface area contributed by atoms with Crippen LogP contribution in [0.15, 0.2) is 53.6 Å². The number of nitrogens with zero attached hydrogens (tertiary/aromatic N) is 3. The fraction of sp³-hybridized carbons (Fsp3) is 0.286. The average molecular weight is 586 g/mol. The topological polar surface area (TPSA) is 56.5 Å². The first kappa shape index (κ1) is 22.2. The summed E-state index contributed by atoms with van der Waals surface area (Å²) in [6, 6.07) is 9.28. The van der Waals surface area contributed by atoms with Gasteiger partial charge in [-0.25, -0.2) is 4.98 Å². The lowest BCUT2D eigenvalue weighted by Gasteiger charge is -2.14. The van der Waals surface area contributed by atoms with Gasteiger partial charge in [-0.3, -0.25) is 4.79 Å². The summed E-state index contributed by atoms with van der Waals surface area (Å²) in [6.07, 6.45) is 1.70. The third-order valence-electron chi connectivity index (χ3n) is 4.05. The zero-order valence-electron chi connectivity index (χ0n) is 16.4. The van der Waals surface area contributed by atoms with Gasteiger partial charge in [-0.15, -0.1) is 0 Å². The van der Waals surface area contributed by atoms with Crippen LogP contribution < -0.4 is 10.3 Å². The first-order chi connectivity index (χ1) is 13.7. The average Bonchev–Trinajstić information content (AvgIpc) is 2.64.